The standard InChI is InChI=1S/C10H13NO5S/c1-16-8-2-4-9(5-3-8)17(14,15)11-7-6-10(12)13/h2-5,11H,6-7H2,1H3,(H,12,13). The van der Waals surface area contributed by atoms with E-state index in [4.69, 9.17) is 9.84 Å². The quantitative estimate of drug-likeness (QED) is 0.773. The van der Waals surface area contributed by atoms with Gasteiger partial charge in [-0.2, -0.15) is 0 Å². The number of aliphatic carboxylic acids is 1. The second kappa shape index (κ2) is 5.65. The fraction of sp³-hybridized carbons (Fsp3) is 0.300. The average molecular weight is 259 g/mol. The number of methoxy groups -OCH3 is 1. The van der Waals surface area contributed by atoms with Gasteiger partial charge in [-0.25, -0.2) is 13.1 Å². The van der Waals surface area contributed by atoms with E-state index in [1.54, 1.807) is 0 Å². The van der Waals surface area contributed by atoms with Crippen LogP contribution in [0.25, 0.3) is 0 Å². The number of nitrogens with one attached hydrogen (secondary N) is 1. The highest BCUT2D eigenvalue weighted by atomic mass is 32.2. The Balaban J connectivity index is 2.72. The summed E-state index contributed by atoms with van der Waals surface area (Å²) in [7, 11) is -2.17. The lowest BCUT2D eigenvalue weighted by molar-refractivity contribution is -0.136. The number of carbonyl (C=O) groups is 1. The first kappa shape index (κ1) is 13.5. The molecule has 94 valence electrons. The highest BCUT2D eigenvalue weighted by Gasteiger charge is 2.13. The van der Waals surface area contributed by atoms with E-state index in [1.165, 1.54) is 31.4 Å². The van der Waals surface area contributed by atoms with Gasteiger partial charge in [-0.3, -0.25) is 4.79 Å². The molecule has 0 saturated carbocycles. The molecule has 0 spiro atoms. The third-order valence-corrected chi connectivity index (χ3v) is 3.48. The summed E-state index contributed by atoms with van der Waals surface area (Å²) in [6, 6.07) is 5.82. The van der Waals surface area contributed by atoms with E-state index in [0.29, 0.717) is 5.75 Å². The normalized spacial score (nSPS) is 11.1. The van der Waals surface area contributed by atoms with E-state index >= 15 is 0 Å². The summed E-state index contributed by atoms with van der Waals surface area (Å²) in [6.07, 6.45) is -0.255. The summed E-state index contributed by atoms with van der Waals surface area (Å²) in [6.45, 7) is -0.135. The molecule has 0 amide bonds. The van der Waals surface area contributed by atoms with E-state index in [9.17, 15) is 13.2 Å². The molecule has 1 rings (SSSR count). The summed E-state index contributed by atoms with van der Waals surface area (Å²) in [5, 5.41) is 8.40. The van der Waals surface area contributed by atoms with Crippen LogP contribution in [0.2, 0.25) is 0 Å². The van der Waals surface area contributed by atoms with Crippen molar-refractivity contribution in [1.29, 1.82) is 0 Å². The monoisotopic (exact) mass is 259 g/mol. The number of hydrogen-bond acceptors (Lipinski definition) is 4. The van der Waals surface area contributed by atoms with Gasteiger partial charge in [0.25, 0.3) is 0 Å². The van der Waals surface area contributed by atoms with Crippen molar-refractivity contribution in [2.24, 2.45) is 0 Å². The Kier molecular flexibility index (Phi) is 4.47. The van der Waals surface area contributed by atoms with Crippen molar-refractivity contribution < 1.29 is 23.1 Å². The van der Waals surface area contributed by atoms with Crippen LogP contribution in [-0.4, -0.2) is 33.1 Å². The fourth-order valence-corrected chi connectivity index (χ4v) is 2.16. The molecule has 17 heavy (non-hydrogen) atoms. The lowest BCUT2D eigenvalue weighted by atomic mass is 10.3. The maximum absolute atomic E-state index is 11.7. The van der Waals surface area contributed by atoms with E-state index in [-0.39, 0.29) is 17.9 Å². The highest BCUT2D eigenvalue weighted by molar-refractivity contribution is 7.89. The minimum absolute atomic E-state index is 0.0729. The number of ether oxygens (including phenoxy) is 1. The molecule has 7 heteroatoms. The molecule has 0 fully saturated rings. The summed E-state index contributed by atoms with van der Waals surface area (Å²) in [5.41, 5.74) is 0. The van der Waals surface area contributed by atoms with E-state index in [1.807, 2.05) is 0 Å². The molecular formula is C10H13NO5S. The number of carboxylic acid groups (broad SMARTS) is 1. The summed E-state index contributed by atoms with van der Waals surface area (Å²) in [4.78, 5) is 10.3. The Hall–Kier alpha value is -1.60. The molecule has 6 nitrogen and oxygen atoms in total. The molecule has 0 aliphatic heterocycles. The van der Waals surface area contributed by atoms with Crippen LogP contribution in [0.3, 0.4) is 0 Å². The van der Waals surface area contributed by atoms with Crippen molar-refractivity contribution in [3.63, 3.8) is 0 Å². The molecule has 1 aromatic carbocycles. The van der Waals surface area contributed by atoms with Crippen molar-refractivity contribution in [1.82, 2.24) is 4.72 Å². The van der Waals surface area contributed by atoms with E-state index < -0.39 is 16.0 Å². The number of hydrogen-bond donors (Lipinski definition) is 2. The topological polar surface area (TPSA) is 92.7 Å². The van der Waals surface area contributed by atoms with Crippen LogP contribution in [-0.2, 0) is 14.8 Å². The highest BCUT2D eigenvalue weighted by Crippen LogP contribution is 2.15. The van der Waals surface area contributed by atoms with Crippen molar-refractivity contribution in [2.45, 2.75) is 11.3 Å². The maximum Gasteiger partial charge on any atom is 0.304 e. The van der Waals surface area contributed by atoms with Gasteiger partial charge in [0.1, 0.15) is 5.75 Å². The number of rotatable bonds is 6. The van der Waals surface area contributed by atoms with Gasteiger partial charge >= 0.3 is 5.97 Å². The van der Waals surface area contributed by atoms with E-state index in [0.717, 1.165) is 0 Å². The summed E-state index contributed by atoms with van der Waals surface area (Å²) >= 11 is 0. The second-order valence-electron chi connectivity index (χ2n) is 3.22. The van der Waals surface area contributed by atoms with Crippen LogP contribution in [0.4, 0.5) is 0 Å². The van der Waals surface area contributed by atoms with Crippen LogP contribution in [0, 0.1) is 0 Å². The van der Waals surface area contributed by atoms with Crippen molar-refractivity contribution in [3.8, 4) is 5.75 Å². The Labute approximate surface area is 99.3 Å². The second-order valence-corrected chi connectivity index (χ2v) is 4.98. The molecule has 0 heterocycles. The van der Waals surface area contributed by atoms with Gasteiger partial charge in [0.05, 0.1) is 18.4 Å². The molecule has 0 saturated heterocycles. The summed E-state index contributed by atoms with van der Waals surface area (Å²) in [5.74, 6) is -0.503. The fourth-order valence-electron chi connectivity index (χ4n) is 1.13. The lowest BCUT2D eigenvalue weighted by Crippen LogP contribution is -2.26. The molecule has 0 aromatic heterocycles. The van der Waals surface area contributed by atoms with Crippen molar-refractivity contribution in [2.75, 3.05) is 13.7 Å². The maximum atomic E-state index is 11.7. The molecule has 0 atom stereocenters. The zero-order valence-corrected chi connectivity index (χ0v) is 10.0. The first-order chi connectivity index (χ1) is 7.95. The third-order valence-electron chi connectivity index (χ3n) is 2.00. The zero-order chi connectivity index (χ0) is 12.9. The van der Waals surface area contributed by atoms with Crippen LogP contribution in [0.5, 0.6) is 5.75 Å². The van der Waals surface area contributed by atoms with Gasteiger partial charge in [-0.15, -0.1) is 0 Å². The zero-order valence-electron chi connectivity index (χ0n) is 9.21. The van der Waals surface area contributed by atoms with Crippen LogP contribution in [0.15, 0.2) is 29.2 Å². The molecule has 1 aromatic rings. The van der Waals surface area contributed by atoms with Gasteiger partial charge in [-0.1, -0.05) is 0 Å². The molecule has 2 N–H and O–H groups in total. The molecule has 0 aliphatic carbocycles. The smallest absolute Gasteiger partial charge is 0.304 e. The SMILES string of the molecule is COc1ccc(S(=O)(=O)NCCC(=O)O)cc1. The number of benzene rings is 1. The molecule has 0 aliphatic rings. The minimum atomic E-state index is -3.65. The lowest BCUT2D eigenvalue weighted by Gasteiger charge is -2.06. The predicted octanol–water partition coefficient (Wildman–Crippen LogP) is 0.448. The first-order valence-corrected chi connectivity index (χ1v) is 6.29. The Bertz CT molecular complexity index is 480. The number of carboxylic acids is 1. The van der Waals surface area contributed by atoms with Gasteiger partial charge in [0.2, 0.25) is 10.0 Å². The molecular weight excluding hydrogens is 246 g/mol. The van der Waals surface area contributed by atoms with Gasteiger partial charge < -0.3 is 9.84 Å². The molecule has 0 unspecified atom stereocenters. The summed E-state index contributed by atoms with van der Waals surface area (Å²) < 4.78 is 30.4. The van der Waals surface area contributed by atoms with Crippen LogP contribution < -0.4 is 9.46 Å². The predicted molar refractivity (Wildman–Crippen MR) is 60.4 cm³/mol. The Morgan fingerprint density at radius 2 is 1.94 bits per heavy atom. The molecule has 0 radical (unpaired) electrons. The van der Waals surface area contributed by atoms with Crippen molar-refractivity contribution >= 4 is 16.0 Å². The number of sulfonamides is 1. The van der Waals surface area contributed by atoms with Crippen LogP contribution >= 0.6 is 0 Å². The Morgan fingerprint density at radius 3 is 2.41 bits per heavy atom. The largest absolute Gasteiger partial charge is 0.497 e. The third kappa shape index (κ3) is 4.04. The van der Waals surface area contributed by atoms with Gasteiger partial charge in [0.15, 0.2) is 0 Å². The molecule has 0 bridgehead atoms. The van der Waals surface area contributed by atoms with Gasteiger partial charge in [0, 0.05) is 6.54 Å². The minimum Gasteiger partial charge on any atom is -0.497 e. The van der Waals surface area contributed by atoms with Crippen molar-refractivity contribution in [3.05, 3.63) is 24.3 Å². The Morgan fingerprint density at radius 1 is 1.35 bits per heavy atom. The van der Waals surface area contributed by atoms with Gasteiger partial charge in [-0.05, 0) is 24.3 Å². The first-order valence-electron chi connectivity index (χ1n) is 4.81. The van der Waals surface area contributed by atoms with Crippen LogP contribution in [0.1, 0.15) is 6.42 Å². The average Bonchev–Trinajstić information content (AvgIpc) is 2.28. The van der Waals surface area contributed by atoms with E-state index in [2.05, 4.69) is 4.72 Å².